The fourth-order valence-corrected chi connectivity index (χ4v) is 2.95. The lowest BCUT2D eigenvalue weighted by Crippen LogP contribution is -2.52. The summed E-state index contributed by atoms with van der Waals surface area (Å²) in [6, 6.07) is 0.548. The fraction of sp³-hybridized carbons (Fsp3) is 0.875. The molecule has 0 saturated carbocycles. The molecule has 1 unspecified atom stereocenters. The molecule has 1 atom stereocenters. The summed E-state index contributed by atoms with van der Waals surface area (Å²) in [4.78, 5) is 28.2. The number of rotatable bonds is 7. The van der Waals surface area contributed by atoms with Gasteiger partial charge in [-0.3, -0.25) is 14.5 Å². The highest BCUT2D eigenvalue weighted by molar-refractivity contribution is 5.85. The van der Waals surface area contributed by atoms with Gasteiger partial charge < -0.3 is 10.0 Å². The molecule has 1 aliphatic heterocycles. The van der Waals surface area contributed by atoms with E-state index in [1.807, 2.05) is 18.7 Å². The molecular formula is C16H30N2O3. The number of aliphatic carboxylic acids is 1. The molecule has 1 rings (SSSR count). The van der Waals surface area contributed by atoms with Crippen LogP contribution >= 0.6 is 0 Å². The number of carbonyl (C=O) groups excluding carboxylic acids is 1. The summed E-state index contributed by atoms with van der Waals surface area (Å²) in [5.41, 5.74) is -0.898. The number of carboxylic acid groups (broad SMARTS) is 1. The highest BCUT2D eigenvalue weighted by Crippen LogP contribution is 2.32. The van der Waals surface area contributed by atoms with Gasteiger partial charge in [0.2, 0.25) is 5.91 Å². The minimum Gasteiger partial charge on any atom is -0.481 e. The van der Waals surface area contributed by atoms with Crippen LogP contribution in [0, 0.1) is 5.41 Å². The fourth-order valence-electron chi connectivity index (χ4n) is 2.95. The Labute approximate surface area is 128 Å². The van der Waals surface area contributed by atoms with Crippen LogP contribution in [0.1, 0.15) is 53.4 Å². The predicted molar refractivity (Wildman–Crippen MR) is 83.2 cm³/mol. The largest absolute Gasteiger partial charge is 0.481 e. The second-order valence-corrected chi connectivity index (χ2v) is 6.14. The SMILES string of the molecule is CCC(C)N1CCN(C(=O)CC(CC)(CC)C(=O)O)CC1. The number of hydrogen-bond donors (Lipinski definition) is 1. The van der Waals surface area contributed by atoms with Crippen molar-refractivity contribution in [2.45, 2.75) is 59.4 Å². The Morgan fingerprint density at radius 1 is 1.10 bits per heavy atom. The van der Waals surface area contributed by atoms with E-state index in [-0.39, 0.29) is 12.3 Å². The summed E-state index contributed by atoms with van der Waals surface area (Å²) in [5, 5.41) is 9.44. The first-order valence-electron chi connectivity index (χ1n) is 8.15. The first-order valence-corrected chi connectivity index (χ1v) is 8.15. The van der Waals surface area contributed by atoms with Crippen molar-refractivity contribution in [1.82, 2.24) is 9.80 Å². The van der Waals surface area contributed by atoms with Gasteiger partial charge in [-0.2, -0.15) is 0 Å². The average Bonchev–Trinajstić information content (AvgIpc) is 2.51. The molecule has 1 amide bonds. The quantitative estimate of drug-likeness (QED) is 0.783. The monoisotopic (exact) mass is 298 g/mol. The standard InChI is InChI=1S/C16H30N2O3/c1-5-13(4)17-8-10-18(11-9-17)14(19)12-16(6-2,7-3)15(20)21/h13H,5-12H2,1-4H3,(H,20,21). The van der Waals surface area contributed by atoms with Crippen LogP contribution in [-0.4, -0.2) is 59.0 Å². The zero-order valence-electron chi connectivity index (χ0n) is 13.9. The normalized spacial score (nSPS) is 18.6. The van der Waals surface area contributed by atoms with E-state index in [0.717, 1.165) is 19.5 Å². The second-order valence-electron chi connectivity index (χ2n) is 6.14. The summed E-state index contributed by atoms with van der Waals surface area (Å²) < 4.78 is 0. The van der Waals surface area contributed by atoms with Gasteiger partial charge in [0.15, 0.2) is 0 Å². The Morgan fingerprint density at radius 3 is 2.00 bits per heavy atom. The highest BCUT2D eigenvalue weighted by Gasteiger charge is 2.38. The van der Waals surface area contributed by atoms with Crippen LogP contribution < -0.4 is 0 Å². The van der Waals surface area contributed by atoms with Gasteiger partial charge in [-0.1, -0.05) is 20.8 Å². The first kappa shape index (κ1) is 18.0. The molecule has 0 aromatic heterocycles. The number of carbonyl (C=O) groups is 2. The molecule has 1 fully saturated rings. The van der Waals surface area contributed by atoms with Crippen molar-refractivity contribution in [2.75, 3.05) is 26.2 Å². The molecule has 122 valence electrons. The molecule has 1 N–H and O–H groups in total. The zero-order valence-corrected chi connectivity index (χ0v) is 13.9. The average molecular weight is 298 g/mol. The molecule has 21 heavy (non-hydrogen) atoms. The summed E-state index contributed by atoms with van der Waals surface area (Å²) in [6.07, 6.45) is 2.23. The van der Waals surface area contributed by atoms with Crippen molar-refractivity contribution < 1.29 is 14.7 Å². The number of hydrogen-bond acceptors (Lipinski definition) is 3. The lowest BCUT2D eigenvalue weighted by atomic mass is 9.79. The molecule has 0 bridgehead atoms. The summed E-state index contributed by atoms with van der Waals surface area (Å²) in [6.45, 7) is 11.3. The Balaban J connectivity index is 2.60. The Bertz CT molecular complexity index is 359. The van der Waals surface area contributed by atoms with Crippen LogP contribution in [-0.2, 0) is 9.59 Å². The molecule has 1 aliphatic rings. The third-order valence-corrected chi connectivity index (χ3v) is 5.18. The van der Waals surface area contributed by atoms with Gasteiger partial charge in [0.1, 0.15) is 0 Å². The zero-order chi connectivity index (χ0) is 16.0. The summed E-state index contributed by atoms with van der Waals surface area (Å²) >= 11 is 0. The maximum atomic E-state index is 12.4. The van der Waals surface area contributed by atoms with Crippen molar-refractivity contribution in [1.29, 1.82) is 0 Å². The highest BCUT2D eigenvalue weighted by atomic mass is 16.4. The van der Waals surface area contributed by atoms with Crippen molar-refractivity contribution >= 4 is 11.9 Å². The van der Waals surface area contributed by atoms with E-state index in [4.69, 9.17) is 0 Å². The van der Waals surface area contributed by atoms with Gasteiger partial charge in [-0.15, -0.1) is 0 Å². The second kappa shape index (κ2) is 7.78. The van der Waals surface area contributed by atoms with E-state index >= 15 is 0 Å². The third-order valence-electron chi connectivity index (χ3n) is 5.18. The van der Waals surface area contributed by atoms with Gasteiger partial charge in [0, 0.05) is 38.6 Å². The summed E-state index contributed by atoms with van der Waals surface area (Å²) in [5.74, 6) is -0.857. The van der Waals surface area contributed by atoms with Crippen molar-refractivity contribution in [3.63, 3.8) is 0 Å². The topological polar surface area (TPSA) is 60.9 Å². The van der Waals surface area contributed by atoms with Crippen LogP contribution in [0.25, 0.3) is 0 Å². The minimum absolute atomic E-state index is 0.00935. The molecular weight excluding hydrogens is 268 g/mol. The Morgan fingerprint density at radius 2 is 1.62 bits per heavy atom. The van der Waals surface area contributed by atoms with Crippen LogP contribution in [0.5, 0.6) is 0 Å². The van der Waals surface area contributed by atoms with E-state index in [2.05, 4.69) is 18.7 Å². The Kier molecular flexibility index (Phi) is 6.65. The molecule has 5 heteroatoms. The van der Waals surface area contributed by atoms with E-state index in [1.165, 1.54) is 0 Å². The van der Waals surface area contributed by atoms with Crippen LogP contribution in [0.4, 0.5) is 0 Å². The summed E-state index contributed by atoms with van der Waals surface area (Å²) in [7, 11) is 0. The van der Waals surface area contributed by atoms with Crippen molar-refractivity contribution in [2.24, 2.45) is 5.41 Å². The van der Waals surface area contributed by atoms with Crippen LogP contribution in [0.2, 0.25) is 0 Å². The molecule has 0 aromatic carbocycles. The maximum absolute atomic E-state index is 12.4. The molecule has 0 spiro atoms. The smallest absolute Gasteiger partial charge is 0.310 e. The minimum atomic E-state index is -0.898. The van der Waals surface area contributed by atoms with Crippen LogP contribution in [0.3, 0.4) is 0 Å². The third kappa shape index (κ3) is 4.19. The molecule has 0 aliphatic carbocycles. The lowest BCUT2D eigenvalue weighted by molar-refractivity contribution is -0.154. The van der Waals surface area contributed by atoms with Gasteiger partial charge in [-0.25, -0.2) is 0 Å². The van der Waals surface area contributed by atoms with Crippen LogP contribution in [0.15, 0.2) is 0 Å². The molecule has 1 heterocycles. The molecule has 0 radical (unpaired) electrons. The number of carboxylic acids is 1. The van der Waals surface area contributed by atoms with E-state index in [0.29, 0.717) is 32.0 Å². The number of piperazine rings is 1. The predicted octanol–water partition coefficient (Wildman–Crippen LogP) is 2.21. The molecule has 5 nitrogen and oxygen atoms in total. The maximum Gasteiger partial charge on any atom is 0.310 e. The van der Waals surface area contributed by atoms with Gasteiger partial charge in [0.05, 0.1) is 5.41 Å². The van der Waals surface area contributed by atoms with Gasteiger partial charge in [0.25, 0.3) is 0 Å². The molecule has 0 aromatic rings. The molecule has 1 saturated heterocycles. The van der Waals surface area contributed by atoms with E-state index in [1.54, 1.807) is 0 Å². The number of nitrogens with zero attached hydrogens (tertiary/aromatic N) is 2. The number of amides is 1. The van der Waals surface area contributed by atoms with E-state index in [9.17, 15) is 14.7 Å². The van der Waals surface area contributed by atoms with Gasteiger partial charge >= 0.3 is 5.97 Å². The van der Waals surface area contributed by atoms with Crippen molar-refractivity contribution in [3.05, 3.63) is 0 Å². The van der Waals surface area contributed by atoms with Gasteiger partial charge in [-0.05, 0) is 26.2 Å². The van der Waals surface area contributed by atoms with Crippen molar-refractivity contribution in [3.8, 4) is 0 Å². The lowest BCUT2D eigenvalue weighted by Gasteiger charge is -2.39. The first-order chi connectivity index (χ1) is 9.90. The van der Waals surface area contributed by atoms with E-state index < -0.39 is 11.4 Å². The Hall–Kier alpha value is -1.10.